The van der Waals surface area contributed by atoms with Crippen molar-refractivity contribution in [2.24, 2.45) is 0 Å². The van der Waals surface area contributed by atoms with Gasteiger partial charge >= 0.3 is 6.61 Å². The van der Waals surface area contributed by atoms with Crippen LogP contribution < -0.4 is 4.74 Å². The number of halogens is 4. The molecule has 96 valence electrons. The fourth-order valence-electron chi connectivity index (χ4n) is 1.53. The van der Waals surface area contributed by atoms with E-state index in [0.29, 0.717) is 21.5 Å². The molecule has 0 fully saturated rings. The van der Waals surface area contributed by atoms with Gasteiger partial charge in [0.1, 0.15) is 5.75 Å². The molecule has 1 aromatic carbocycles. The Kier molecular flexibility index (Phi) is 4.78. The highest BCUT2D eigenvalue weighted by molar-refractivity contribution is 9.08. The van der Waals surface area contributed by atoms with Gasteiger partial charge < -0.3 is 4.74 Å². The molecule has 0 saturated carbocycles. The molecule has 1 nitrogen and oxygen atoms in total. The summed E-state index contributed by atoms with van der Waals surface area (Å²) >= 11 is 9.23. The first kappa shape index (κ1) is 14.7. The zero-order chi connectivity index (χ0) is 13.2. The maximum Gasteiger partial charge on any atom is 0.387 e. The minimum absolute atomic E-state index is 0.216. The summed E-state index contributed by atoms with van der Waals surface area (Å²) in [5.41, 5.74) is 0.994. The van der Waals surface area contributed by atoms with Crippen molar-refractivity contribution >= 4 is 27.5 Å². The summed E-state index contributed by atoms with van der Waals surface area (Å²) < 4.78 is 29.5. The average molecular weight is 328 g/mol. The molecule has 0 radical (unpaired) electrons. The van der Waals surface area contributed by atoms with E-state index >= 15 is 0 Å². The Morgan fingerprint density at radius 3 is 2.35 bits per heavy atom. The third kappa shape index (κ3) is 3.81. The van der Waals surface area contributed by atoms with E-state index in [9.17, 15) is 8.78 Å². The molecule has 0 aromatic heterocycles. The topological polar surface area (TPSA) is 9.23 Å². The third-order valence-electron chi connectivity index (χ3n) is 2.29. The lowest BCUT2D eigenvalue weighted by atomic mass is 9.85. The van der Waals surface area contributed by atoms with Crippen LogP contribution in [0.1, 0.15) is 31.9 Å². The molecule has 0 spiro atoms. The molecule has 0 saturated heterocycles. The van der Waals surface area contributed by atoms with Crippen molar-refractivity contribution in [2.45, 2.75) is 38.1 Å². The van der Waals surface area contributed by atoms with Crippen molar-refractivity contribution in [3.63, 3.8) is 0 Å². The highest BCUT2D eigenvalue weighted by Gasteiger charge is 2.24. The zero-order valence-corrected chi connectivity index (χ0v) is 12.2. The molecule has 0 aliphatic carbocycles. The Bertz CT molecular complexity index is 402. The molecule has 0 aliphatic rings. The Balaban J connectivity index is 3.39. The van der Waals surface area contributed by atoms with Crippen molar-refractivity contribution in [3.05, 3.63) is 28.3 Å². The van der Waals surface area contributed by atoms with Gasteiger partial charge in [0.05, 0.1) is 0 Å². The van der Waals surface area contributed by atoms with E-state index in [1.807, 2.05) is 20.8 Å². The predicted octanol–water partition coefficient (Wildman–Crippen LogP) is 5.13. The van der Waals surface area contributed by atoms with Crippen LogP contribution >= 0.6 is 27.5 Å². The van der Waals surface area contributed by atoms with Gasteiger partial charge in [-0.1, -0.05) is 48.3 Å². The van der Waals surface area contributed by atoms with Crippen molar-refractivity contribution in [1.82, 2.24) is 0 Å². The van der Waals surface area contributed by atoms with Crippen LogP contribution in [0, 0.1) is 0 Å². The van der Waals surface area contributed by atoms with Gasteiger partial charge in [-0.15, -0.1) is 0 Å². The van der Waals surface area contributed by atoms with E-state index in [4.69, 9.17) is 11.6 Å². The molecule has 0 aliphatic heterocycles. The second-order valence-corrected chi connectivity index (χ2v) is 5.70. The second-order valence-electron chi connectivity index (χ2n) is 4.70. The van der Waals surface area contributed by atoms with Gasteiger partial charge in [0.2, 0.25) is 0 Å². The first-order valence-electron chi connectivity index (χ1n) is 5.09. The number of ether oxygens (including phenoxy) is 1. The monoisotopic (exact) mass is 326 g/mol. The number of benzene rings is 1. The van der Waals surface area contributed by atoms with Gasteiger partial charge in [-0.3, -0.25) is 0 Å². The molecule has 1 aromatic rings. The van der Waals surface area contributed by atoms with Gasteiger partial charge in [-0.2, -0.15) is 8.78 Å². The maximum absolute atomic E-state index is 12.4. The fraction of sp³-hybridized carbons (Fsp3) is 0.500. The van der Waals surface area contributed by atoms with Gasteiger partial charge in [0.25, 0.3) is 0 Å². The van der Waals surface area contributed by atoms with Crippen LogP contribution in [0.5, 0.6) is 5.75 Å². The number of hydrogen-bond acceptors (Lipinski definition) is 1. The molecule has 0 amide bonds. The summed E-state index contributed by atoms with van der Waals surface area (Å²) in [5, 5.41) is 0.935. The SMILES string of the molecule is CC(C)(C)c1cc(Cl)cc(CBr)c1OC(F)F. The van der Waals surface area contributed by atoms with E-state index < -0.39 is 6.61 Å². The van der Waals surface area contributed by atoms with Gasteiger partial charge in [-0.05, 0) is 17.5 Å². The van der Waals surface area contributed by atoms with Crippen LogP contribution in [0.3, 0.4) is 0 Å². The summed E-state index contributed by atoms with van der Waals surface area (Å²) in [6.45, 7) is 2.94. The lowest BCUT2D eigenvalue weighted by Crippen LogP contribution is -2.16. The van der Waals surface area contributed by atoms with E-state index in [-0.39, 0.29) is 11.2 Å². The Labute approximate surface area is 113 Å². The van der Waals surface area contributed by atoms with Crippen LogP contribution in [-0.2, 0) is 10.7 Å². The highest BCUT2D eigenvalue weighted by Crippen LogP contribution is 2.38. The fourth-order valence-corrected chi connectivity index (χ4v) is 2.19. The Hall–Kier alpha value is -0.350. The van der Waals surface area contributed by atoms with E-state index in [0.717, 1.165) is 0 Å². The molecule has 17 heavy (non-hydrogen) atoms. The van der Waals surface area contributed by atoms with E-state index in [1.54, 1.807) is 12.1 Å². The molecule has 0 unspecified atom stereocenters. The number of rotatable bonds is 3. The second kappa shape index (κ2) is 5.53. The van der Waals surface area contributed by atoms with Crippen molar-refractivity contribution in [2.75, 3.05) is 0 Å². The molecule has 0 heterocycles. The summed E-state index contributed by atoms with van der Waals surface area (Å²) in [5.74, 6) is 0.216. The van der Waals surface area contributed by atoms with E-state index in [1.165, 1.54) is 0 Å². The quantitative estimate of drug-likeness (QED) is 0.699. The van der Waals surface area contributed by atoms with E-state index in [2.05, 4.69) is 20.7 Å². The molecule has 1 rings (SSSR count). The first-order valence-corrected chi connectivity index (χ1v) is 6.59. The van der Waals surface area contributed by atoms with Crippen LogP contribution in [0.4, 0.5) is 8.78 Å². The first-order chi connectivity index (χ1) is 7.75. The van der Waals surface area contributed by atoms with Gasteiger partial charge in [-0.25, -0.2) is 0 Å². The van der Waals surface area contributed by atoms with Crippen LogP contribution in [0.25, 0.3) is 0 Å². The maximum atomic E-state index is 12.4. The Morgan fingerprint density at radius 2 is 1.94 bits per heavy atom. The van der Waals surface area contributed by atoms with Crippen LogP contribution in [0.15, 0.2) is 12.1 Å². The highest BCUT2D eigenvalue weighted by atomic mass is 79.9. The lowest BCUT2D eigenvalue weighted by Gasteiger charge is -2.24. The normalized spacial score (nSPS) is 12.0. The van der Waals surface area contributed by atoms with Crippen LogP contribution in [-0.4, -0.2) is 6.61 Å². The smallest absolute Gasteiger partial charge is 0.387 e. The average Bonchev–Trinajstić information content (AvgIpc) is 2.17. The van der Waals surface area contributed by atoms with Gasteiger partial charge in [0, 0.05) is 21.5 Å². The third-order valence-corrected chi connectivity index (χ3v) is 3.11. The molecular formula is C12H14BrClF2O. The minimum Gasteiger partial charge on any atom is -0.434 e. The molecule has 0 N–H and O–H groups in total. The van der Waals surface area contributed by atoms with Crippen LogP contribution in [0.2, 0.25) is 5.02 Å². The van der Waals surface area contributed by atoms with Gasteiger partial charge in [0.15, 0.2) is 0 Å². The largest absolute Gasteiger partial charge is 0.434 e. The van der Waals surface area contributed by atoms with Crippen molar-refractivity contribution < 1.29 is 13.5 Å². The standard InChI is InChI=1S/C12H14BrClF2O/c1-12(2,3)9-5-8(14)4-7(6-13)10(9)17-11(15)16/h4-5,11H,6H2,1-3H3. The molecular weight excluding hydrogens is 313 g/mol. The molecule has 0 atom stereocenters. The molecule has 5 heteroatoms. The van der Waals surface area contributed by atoms with Crippen molar-refractivity contribution in [1.29, 1.82) is 0 Å². The summed E-state index contributed by atoms with van der Waals surface area (Å²) in [4.78, 5) is 0. The summed E-state index contributed by atoms with van der Waals surface area (Å²) in [6, 6.07) is 3.30. The number of hydrogen-bond donors (Lipinski definition) is 0. The summed E-state index contributed by atoms with van der Waals surface area (Å²) in [7, 11) is 0. The molecule has 0 bridgehead atoms. The summed E-state index contributed by atoms with van der Waals surface area (Å²) in [6.07, 6.45) is 0. The zero-order valence-electron chi connectivity index (χ0n) is 9.86. The Morgan fingerprint density at radius 1 is 1.35 bits per heavy atom. The minimum atomic E-state index is -2.84. The lowest BCUT2D eigenvalue weighted by molar-refractivity contribution is -0.0513. The predicted molar refractivity (Wildman–Crippen MR) is 69.4 cm³/mol. The van der Waals surface area contributed by atoms with Crippen molar-refractivity contribution in [3.8, 4) is 5.75 Å². The number of alkyl halides is 3.